The van der Waals surface area contributed by atoms with Crippen LogP contribution in [0.25, 0.3) is 0 Å². The fraction of sp³-hybridized carbons (Fsp3) is 0.324. The molecule has 330 valence electrons. The number of carbonyl (C=O) groups is 1. The minimum Gasteiger partial charge on any atom is -0.744 e. The molecule has 0 radical (unpaired) electrons. The van der Waals surface area contributed by atoms with E-state index in [0.29, 0.717) is 5.75 Å². The summed E-state index contributed by atoms with van der Waals surface area (Å²) in [7, 11) is -7.73. The van der Waals surface area contributed by atoms with Gasteiger partial charge in [-0.05, 0) is 71.0 Å². The number of rotatable bonds is 7. The molecule has 0 bridgehead atoms. The zero-order chi connectivity index (χ0) is 46.2. The molecule has 0 aliphatic rings. The molecule has 0 aromatic heterocycles. The first kappa shape index (κ1) is 49.7. The fourth-order valence-electron chi connectivity index (χ4n) is 5.68. The van der Waals surface area contributed by atoms with Crippen LogP contribution in [0.3, 0.4) is 0 Å². The summed E-state index contributed by atoms with van der Waals surface area (Å²) in [5.41, 5.74) is -20.4. The first-order chi connectivity index (χ1) is 27.0. The van der Waals surface area contributed by atoms with E-state index in [1.54, 1.807) is 0 Å². The number of aryl methyl sites for hydroxylation is 2. The molecule has 23 heteroatoms. The zero-order valence-electron chi connectivity index (χ0n) is 31.1. The van der Waals surface area contributed by atoms with Gasteiger partial charge in [0.1, 0.15) is 21.5 Å². The summed E-state index contributed by atoms with van der Waals surface area (Å²) >= 11 is 0. The van der Waals surface area contributed by atoms with E-state index in [9.17, 15) is 83.6 Å². The van der Waals surface area contributed by atoms with Crippen molar-refractivity contribution in [1.82, 2.24) is 0 Å². The first-order valence-electron chi connectivity index (χ1n) is 16.3. The molecule has 0 spiro atoms. The second kappa shape index (κ2) is 17.4. The number of hydrogen-bond donors (Lipinski definition) is 0. The van der Waals surface area contributed by atoms with E-state index in [1.807, 2.05) is 45.0 Å². The molecule has 0 N–H and O–H groups in total. The topological polar surface area (TPSA) is 92.7 Å². The van der Waals surface area contributed by atoms with Gasteiger partial charge < -0.3 is 14.0 Å². The van der Waals surface area contributed by atoms with Crippen LogP contribution < -0.4 is 4.74 Å². The molecule has 0 aliphatic heterocycles. The third-order valence-electron chi connectivity index (χ3n) is 7.49. The Morgan fingerprint density at radius 1 is 0.583 bits per heavy atom. The van der Waals surface area contributed by atoms with Crippen molar-refractivity contribution < 1.29 is 93.1 Å². The lowest BCUT2D eigenvalue weighted by molar-refractivity contribution is -0.191. The molecular formula is C37H29F15O6S2. The van der Waals surface area contributed by atoms with Crippen molar-refractivity contribution in [2.45, 2.75) is 90.7 Å². The van der Waals surface area contributed by atoms with Gasteiger partial charge in [-0.25, -0.2) is 13.2 Å². The van der Waals surface area contributed by atoms with E-state index < -0.39 is 79.3 Å². The second-order valence-electron chi connectivity index (χ2n) is 13.3. The Kier molecular flexibility index (Phi) is 14.4. The molecule has 0 fully saturated rings. The summed E-state index contributed by atoms with van der Waals surface area (Å²) in [6.45, 7) is 9.66. The van der Waals surface area contributed by atoms with Gasteiger partial charge in [0.15, 0.2) is 21.3 Å². The fourth-order valence-corrected chi connectivity index (χ4v) is 8.98. The monoisotopic (exact) mass is 918 g/mol. The van der Waals surface area contributed by atoms with E-state index in [-0.39, 0.29) is 23.5 Å². The third kappa shape index (κ3) is 12.2. The van der Waals surface area contributed by atoms with Gasteiger partial charge in [0, 0.05) is 11.1 Å². The molecule has 0 saturated carbocycles. The Morgan fingerprint density at radius 3 is 1.18 bits per heavy atom. The highest BCUT2D eigenvalue weighted by Crippen LogP contribution is 2.57. The summed E-state index contributed by atoms with van der Waals surface area (Å²) in [5.74, 6) is 0.319. The quantitative estimate of drug-likeness (QED) is 0.0793. The summed E-state index contributed by atoms with van der Waals surface area (Å²) < 4.78 is 239. The van der Waals surface area contributed by atoms with E-state index in [4.69, 9.17) is 9.47 Å². The smallest absolute Gasteiger partial charge is 0.418 e. The maximum Gasteiger partial charge on any atom is 0.418 e. The number of alkyl halides is 15. The van der Waals surface area contributed by atoms with E-state index in [0.717, 1.165) is 11.1 Å². The molecule has 4 rings (SSSR count). The van der Waals surface area contributed by atoms with Crippen molar-refractivity contribution >= 4 is 27.0 Å². The van der Waals surface area contributed by atoms with Crippen LogP contribution in [-0.2, 0) is 61.4 Å². The lowest BCUT2D eigenvalue weighted by atomic mass is 9.89. The third-order valence-corrected chi connectivity index (χ3v) is 10.9. The van der Waals surface area contributed by atoms with Gasteiger partial charge >= 0.3 is 36.9 Å². The number of ether oxygens (including phenoxy) is 2. The molecule has 4 aromatic rings. The lowest BCUT2D eigenvalue weighted by Gasteiger charge is -2.31. The summed E-state index contributed by atoms with van der Waals surface area (Å²) in [5, 5.41) is 0. The normalized spacial score (nSPS) is 13.2. The highest BCUT2D eigenvalue weighted by atomic mass is 32.2. The number of benzene rings is 4. The Bertz CT molecular complexity index is 2160. The summed E-state index contributed by atoms with van der Waals surface area (Å²) in [6.07, 6.45) is -35.6. The van der Waals surface area contributed by atoms with Gasteiger partial charge in [-0.1, -0.05) is 36.4 Å². The van der Waals surface area contributed by atoms with Crippen LogP contribution >= 0.6 is 0 Å². The predicted octanol–water partition coefficient (Wildman–Crippen LogP) is 11.8. The minimum absolute atomic E-state index is 0.0986. The maximum atomic E-state index is 13.0. The molecule has 60 heavy (non-hydrogen) atoms. The van der Waals surface area contributed by atoms with Crippen molar-refractivity contribution in [3.05, 3.63) is 112 Å². The van der Waals surface area contributed by atoms with Crippen LogP contribution in [0.1, 0.15) is 59.7 Å². The van der Waals surface area contributed by atoms with E-state index in [2.05, 4.69) is 62.4 Å². The Hall–Kier alpha value is -4.64. The van der Waals surface area contributed by atoms with Crippen molar-refractivity contribution in [2.24, 2.45) is 0 Å². The Balaban J connectivity index is 0.000000320. The molecule has 0 heterocycles. The van der Waals surface area contributed by atoms with E-state index in [1.165, 1.54) is 14.7 Å². The van der Waals surface area contributed by atoms with Crippen molar-refractivity contribution in [3.63, 3.8) is 0 Å². The second-order valence-corrected chi connectivity index (χ2v) is 16.6. The Morgan fingerprint density at radius 2 is 0.900 bits per heavy atom. The van der Waals surface area contributed by atoms with Gasteiger partial charge in [0.25, 0.3) is 0 Å². The highest BCUT2D eigenvalue weighted by Gasteiger charge is 2.61. The largest absolute Gasteiger partial charge is 0.744 e. The highest BCUT2D eigenvalue weighted by molar-refractivity contribution is 7.97. The molecule has 0 unspecified atom stereocenters. The zero-order valence-corrected chi connectivity index (χ0v) is 32.7. The van der Waals surface area contributed by atoms with Gasteiger partial charge in [0.2, 0.25) is 0 Å². The number of halogens is 15. The minimum atomic E-state index is -7.52. The standard InChI is InChI=1S/C26H29O3S.C11HF15O3S/c1-19-16-21(28-18-24(27)29-26(3,4)5)17-20(2)25(19)30(22-12-8-6-9-13-22)23-14-10-7-11-15-23;12-7(13,14)1-2(8(15,16)17)4(10(21,22)23)6(30(27,28)29)5(11(24,25)26)3(1)9(18,19)20/h6-17H,18H2,1-5H3;(H,27,28,29)/q+1;/p-1. The molecule has 0 atom stereocenters. The summed E-state index contributed by atoms with van der Waals surface area (Å²) in [4.78, 5) is 11.7. The molecule has 0 saturated heterocycles. The van der Waals surface area contributed by atoms with Crippen LogP contribution in [0.4, 0.5) is 65.9 Å². The van der Waals surface area contributed by atoms with Crippen molar-refractivity contribution in [3.8, 4) is 5.75 Å². The molecule has 0 amide bonds. The van der Waals surface area contributed by atoms with Gasteiger partial charge in [-0.15, -0.1) is 0 Å². The van der Waals surface area contributed by atoms with Crippen LogP contribution in [0.15, 0.2) is 92.4 Å². The van der Waals surface area contributed by atoms with Gasteiger partial charge in [-0.2, -0.15) is 65.9 Å². The van der Waals surface area contributed by atoms with Crippen LogP contribution in [0.2, 0.25) is 0 Å². The lowest BCUT2D eigenvalue weighted by Crippen LogP contribution is -2.34. The first-order valence-corrected chi connectivity index (χ1v) is 19.0. The molecular weight excluding hydrogens is 890 g/mol. The van der Waals surface area contributed by atoms with Crippen molar-refractivity contribution in [2.75, 3.05) is 6.61 Å². The SMILES string of the molecule is Cc1cc(OCC(=O)OC(C)(C)C)cc(C)c1[S+](c1ccccc1)c1ccccc1.O=S(=O)([O-])c1c(C(F)(F)F)c(C(F)(F)F)c(C(F)(F)F)c(C(F)(F)F)c1C(F)(F)F. The van der Waals surface area contributed by atoms with Crippen molar-refractivity contribution in [1.29, 1.82) is 0 Å². The van der Waals surface area contributed by atoms with E-state index >= 15 is 0 Å². The van der Waals surface area contributed by atoms with Crippen LogP contribution in [-0.4, -0.2) is 31.1 Å². The van der Waals surface area contributed by atoms with Crippen LogP contribution in [0, 0.1) is 13.8 Å². The molecule has 0 aliphatic carbocycles. The van der Waals surface area contributed by atoms with Gasteiger partial charge in [-0.3, -0.25) is 0 Å². The summed E-state index contributed by atoms with van der Waals surface area (Å²) in [6, 6.07) is 25.2. The maximum absolute atomic E-state index is 13.0. The average Bonchev–Trinajstić information content (AvgIpc) is 3.05. The average molecular weight is 919 g/mol. The molecule has 6 nitrogen and oxygen atoms in total. The predicted molar refractivity (Wildman–Crippen MR) is 182 cm³/mol. The van der Waals surface area contributed by atoms with Crippen LogP contribution in [0.5, 0.6) is 5.75 Å². The Labute approximate surface area is 334 Å². The number of carbonyl (C=O) groups excluding carboxylic acids is 1. The number of hydrogen-bond acceptors (Lipinski definition) is 6. The number of esters is 1. The molecule has 4 aromatic carbocycles. The van der Waals surface area contributed by atoms with Gasteiger partial charge in [0.05, 0.1) is 43.6 Å².